The number of hydrogen-bond acceptors (Lipinski definition) is 3. The Kier molecular flexibility index (Phi) is 11.9. The zero-order valence-electron chi connectivity index (χ0n) is 43.2. The topological polar surface area (TPSA) is 44.3 Å². The second kappa shape index (κ2) is 19.5. The van der Waals surface area contributed by atoms with Gasteiger partial charge >= 0.3 is 0 Å². The number of nitrogens with zero attached hydrogens (tertiary/aromatic N) is 2. The standard InChI is InChI=1S/C66H43N3O2.C3H8.C2H6/c1-2-14-41(15-3-1)49-20-4-8-24-57(49)67-46-18-12-16-42(36-46)44-29-34-64-54(38-44)52-31-32-61-65(66(52)71-64)53-23-7-11-27-60(53)69(61)47-19-13-17-43(37-47)45-28-33-62-55(39-45)56-40-48(30-35-63(56)70-62)68-58-25-9-5-21-50(58)51-22-6-10-26-59(51)68;1-3-2;1-2/h1-40,56,63,67H;3H2,1-2H3;1-2H3. The number of allylic oxidation sites excluding steroid dienone is 2. The molecule has 0 radical (unpaired) electrons. The summed E-state index contributed by atoms with van der Waals surface area (Å²) >= 11 is 0. The van der Waals surface area contributed by atoms with E-state index in [0.717, 1.165) is 94.5 Å². The second-order valence-electron chi connectivity index (χ2n) is 19.6. The zero-order valence-corrected chi connectivity index (χ0v) is 43.2. The van der Waals surface area contributed by atoms with Gasteiger partial charge in [0.05, 0.1) is 27.5 Å². The van der Waals surface area contributed by atoms with Crippen molar-refractivity contribution in [2.24, 2.45) is 0 Å². The smallest absolute Gasteiger partial charge is 0.145 e. The first-order valence-electron chi connectivity index (χ1n) is 26.8. The lowest BCUT2D eigenvalue weighted by atomic mass is 9.89. The Morgan fingerprint density at radius 3 is 1.87 bits per heavy atom. The van der Waals surface area contributed by atoms with Crippen LogP contribution >= 0.6 is 0 Å². The lowest BCUT2D eigenvalue weighted by molar-refractivity contribution is 0.269. The van der Waals surface area contributed by atoms with Gasteiger partial charge in [0.15, 0.2) is 0 Å². The van der Waals surface area contributed by atoms with E-state index < -0.39 is 0 Å². The SMILES string of the molecule is C1=CC2Oc3ccc(-c4cccc(-n5c6ccccc6c6c7oc8ccc(-c9cccc(Nc%10ccccc%10-c%10ccccc%10)c9)cc8c7ccc65)c4)cc3C2C=C1n1c2ccccc2c2ccccc21.CC.CCC. The fraction of sp³-hybridized carbons (Fsp3) is 0.0986. The largest absolute Gasteiger partial charge is 0.485 e. The Morgan fingerprint density at radius 1 is 0.474 bits per heavy atom. The molecule has 5 heteroatoms. The van der Waals surface area contributed by atoms with E-state index in [1.165, 1.54) is 44.9 Å². The number of para-hydroxylation sites is 4. The predicted octanol–water partition coefficient (Wildman–Crippen LogP) is 19.9. The van der Waals surface area contributed by atoms with Crippen molar-refractivity contribution >= 4 is 82.6 Å². The van der Waals surface area contributed by atoms with Gasteiger partial charge in [-0.15, -0.1) is 0 Å². The Morgan fingerprint density at radius 2 is 1.09 bits per heavy atom. The van der Waals surface area contributed by atoms with E-state index in [-0.39, 0.29) is 12.0 Å². The number of aromatic nitrogens is 2. The van der Waals surface area contributed by atoms with E-state index in [9.17, 15) is 0 Å². The summed E-state index contributed by atoms with van der Waals surface area (Å²) in [5, 5.41) is 10.7. The molecule has 0 amide bonds. The molecule has 2 atom stereocenters. The van der Waals surface area contributed by atoms with Crippen molar-refractivity contribution in [2.75, 3.05) is 5.32 Å². The predicted molar refractivity (Wildman–Crippen MR) is 321 cm³/mol. The number of anilines is 2. The van der Waals surface area contributed by atoms with Crippen molar-refractivity contribution in [1.82, 2.24) is 9.13 Å². The molecule has 0 spiro atoms. The van der Waals surface area contributed by atoms with Gasteiger partial charge in [-0.2, -0.15) is 0 Å². The highest BCUT2D eigenvalue weighted by atomic mass is 16.5. The number of rotatable bonds is 7. The van der Waals surface area contributed by atoms with E-state index in [1.54, 1.807) is 0 Å². The van der Waals surface area contributed by atoms with Crippen molar-refractivity contribution in [3.8, 4) is 44.8 Å². The molecule has 368 valence electrons. The first-order valence-corrected chi connectivity index (χ1v) is 26.8. The number of furan rings is 1. The van der Waals surface area contributed by atoms with E-state index in [0.29, 0.717) is 0 Å². The molecule has 13 aromatic rings. The third-order valence-electron chi connectivity index (χ3n) is 14.8. The summed E-state index contributed by atoms with van der Waals surface area (Å²) in [6, 6.07) is 80.5. The van der Waals surface area contributed by atoms with Gasteiger partial charge in [0.2, 0.25) is 0 Å². The van der Waals surface area contributed by atoms with Crippen LogP contribution in [-0.2, 0) is 0 Å². The molecule has 2 aliphatic rings. The third-order valence-corrected chi connectivity index (χ3v) is 14.8. The molecule has 0 saturated carbocycles. The highest BCUT2D eigenvalue weighted by molar-refractivity contribution is 6.24. The van der Waals surface area contributed by atoms with Crippen LogP contribution in [0.3, 0.4) is 0 Å². The molecule has 10 aromatic carbocycles. The summed E-state index contributed by atoms with van der Waals surface area (Å²) in [5.74, 6) is 1.03. The van der Waals surface area contributed by atoms with Gasteiger partial charge in [-0.3, -0.25) is 0 Å². The summed E-state index contributed by atoms with van der Waals surface area (Å²) in [6.07, 6.45) is 8.06. The van der Waals surface area contributed by atoms with Gasteiger partial charge in [-0.1, -0.05) is 174 Å². The molecule has 76 heavy (non-hydrogen) atoms. The zero-order chi connectivity index (χ0) is 51.3. The Bertz CT molecular complexity index is 4340. The minimum absolute atomic E-state index is 0.0506. The maximum Gasteiger partial charge on any atom is 0.145 e. The molecule has 2 unspecified atom stereocenters. The quantitative estimate of drug-likeness (QED) is 0.173. The normalized spacial score (nSPS) is 14.5. The van der Waals surface area contributed by atoms with E-state index in [4.69, 9.17) is 9.15 Å². The molecule has 1 N–H and O–H groups in total. The van der Waals surface area contributed by atoms with Crippen molar-refractivity contribution in [2.45, 2.75) is 46.1 Å². The summed E-state index contributed by atoms with van der Waals surface area (Å²) in [5.41, 5.74) is 18.9. The van der Waals surface area contributed by atoms with Crippen LogP contribution < -0.4 is 10.1 Å². The van der Waals surface area contributed by atoms with E-state index in [1.807, 2.05) is 13.8 Å². The minimum Gasteiger partial charge on any atom is -0.485 e. The van der Waals surface area contributed by atoms with Crippen LogP contribution in [0.2, 0.25) is 0 Å². The van der Waals surface area contributed by atoms with E-state index >= 15 is 0 Å². The lowest BCUT2D eigenvalue weighted by Crippen LogP contribution is -2.18. The van der Waals surface area contributed by atoms with Crippen LogP contribution in [0.5, 0.6) is 5.75 Å². The Labute approximate surface area is 443 Å². The molecule has 0 fully saturated rings. The number of benzene rings is 10. The molecule has 15 rings (SSSR count). The molecule has 5 nitrogen and oxygen atoms in total. The van der Waals surface area contributed by atoms with Gasteiger partial charge in [-0.25, -0.2) is 0 Å². The van der Waals surface area contributed by atoms with Gasteiger partial charge < -0.3 is 23.6 Å². The molecule has 4 heterocycles. The number of fused-ring (bicyclic) bond motifs is 13. The molecule has 0 bridgehead atoms. The monoisotopic (exact) mass is 983 g/mol. The van der Waals surface area contributed by atoms with Gasteiger partial charge in [-0.05, 0) is 131 Å². The summed E-state index contributed by atoms with van der Waals surface area (Å²) in [6.45, 7) is 8.25. The van der Waals surface area contributed by atoms with Crippen LogP contribution in [0.4, 0.5) is 11.4 Å². The minimum atomic E-state index is -0.0506. The first-order chi connectivity index (χ1) is 37.6. The molecule has 3 aromatic heterocycles. The fourth-order valence-electron chi connectivity index (χ4n) is 11.6. The summed E-state index contributed by atoms with van der Waals surface area (Å²) < 4.78 is 18.3. The van der Waals surface area contributed by atoms with Gasteiger partial charge in [0.1, 0.15) is 23.0 Å². The van der Waals surface area contributed by atoms with Crippen LogP contribution in [-0.4, -0.2) is 15.2 Å². The van der Waals surface area contributed by atoms with Crippen molar-refractivity contribution in [3.05, 3.63) is 248 Å². The Balaban J connectivity index is 0.00000107. The van der Waals surface area contributed by atoms with Crippen LogP contribution in [0.15, 0.2) is 247 Å². The van der Waals surface area contributed by atoms with Gasteiger partial charge in [0.25, 0.3) is 0 Å². The highest BCUT2D eigenvalue weighted by Crippen LogP contribution is 2.47. The number of ether oxygens (including phenoxy) is 1. The number of hydrogen-bond donors (Lipinski definition) is 1. The summed E-state index contributed by atoms with van der Waals surface area (Å²) in [4.78, 5) is 0. The highest BCUT2D eigenvalue weighted by Gasteiger charge is 2.34. The van der Waals surface area contributed by atoms with Crippen LogP contribution in [0.25, 0.3) is 110 Å². The lowest BCUT2D eigenvalue weighted by Gasteiger charge is -2.20. The van der Waals surface area contributed by atoms with Crippen molar-refractivity contribution in [1.29, 1.82) is 0 Å². The Hall–Kier alpha value is -9.32. The number of nitrogens with one attached hydrogen (secondary N) is 1. The fourth-order valence-corrected chi connectivity index (χ4v) is 11.6. The van der Waals surface area contributed by atoms with Crippen molar-refractivity contribution in [3.63, 3.8) is 0 Å². The molecular weight excluding hydrogens is 927 g/mol. The maximum atomic E-state index is 6.88. The second-order valence-corrected chi connectivity index (χ2v) is 19.6. The molecular formula is C71H57N3O2. The van der Waals surface area contributed by atoms with Gasteiger partial charge in [0, 0.05) is 66.7 Å². The first kappa shape index (κ1) is 46.5. The molecule has 0 saturated heterocycles. The van der Waals surface area contributed by atoms with Crippen molar-refractivity contribution < 1.29 is 9.15 Å². The maximum absolute atomic E-state index is 6.88. The van der Waals surface area contributed by atoms with Crippen LogP contribution in [0, 0.1) is 0 Å². The van der Waals surface area contributed by atoms with Crippen LogP contribution in [0.1, 0.15) is 45.6 Å². The molecule has 1 aliphatic carbocycles. The average Bonchev–Trinajstić information content (AvgIpc) is 4.28. The molecule has 1 aliphatic heterocycles. The third kappa shape index (κ3) is 7.86. The summed E-state index contributed by atoms with van der Waals surface area (Å²) in [7, 11) is 0. The van der Waals surface area contributed by atoms with E-state index in [2.05, 4.69) is 271 Å². The average molecular weight is 984 g/mol.